The number of pyridine rings is 1. The van der Waals surface area contributed by atoms with Crippen LogP contribution in [-0.2, 0) is 9.53 Å². The highest BCUT2D eigenvalue weighted by Gasteiger charge is 2.09. The van der Waals surface area contributed by atoms with Crippen LogP contribution in [0.5, 0.6) is 0 Å². The number of aliphatic carboxylic acids is 1. The quantitative estimate of drug-likeness (QED) is 0.575. The minimum Gasteiger partial charge on any atom is -0.478 e. The number of likely N-dealkylation sites (N-methyl/N-ethyl adjacent to an activating group) is 1. The van der Waals surface area contributed by atoms with Crippen molar-refractivity contribution in [3.05, 3.63) is 30.0 Å². The second-order valence-electron chi connectivity index (χ2n) is 3.86. The lowest BCUT2D eigenvalue weighted by Gasteiger charge is -2.23. The zero-order valence-electron chi connectivity index (χ0n) is 11.4. The van der Waals surface area contributed by atoms with Crippen LogP contribution in [0.1, 0.15) is 19.4 Å². The lowest BCUT2D eigenvalue weighted by molar-refractivity contribution is -0.131. The van der Waals surface area contributed by atoms with Gasteiger partial charge < -0.3 is 14.7 Å². The number of carboxylic acid groups (broad SMARTS) is 1. The van der Waals surface area contributed by atoms with Crippen molar-refractivity contribution in [1.82, 2.24) is 4.98 Å². The molecule has 1 heterocycles. The molecule has 0 amide bonds. The third-order valence-electron chi connectivity index (χ3n) is 2.61. The molecule has 0 fully saturated rings. The standard InChI is InChI=1S/C14H20N2O3/c1-3-16(10-11-19-4-2)14-12(6-5-9-15-14)7-8-13(17)18/h5-9H,3-4,10-11H2,1-2H3,(H,17,18)/b8-7+. The Morgan fingerprint density at radius 3 is 2.95 bits per heavy atom. The molecule has 1 aromatic heterocycles. The highest BCUT2D eigenvalue weighted by atomic mass is 16.5. The number of carboxylic acids is 1. The third-order valence-corrected chi connectivity index (χ3v) is 2.61. The molecular weight excluding hydrogens is 244 g/mol. The Kier molecular flexibility index (Phi) is 6.60. The summed E-state index contributed by atoms with van der Waals surface area (Å²) in [6, 6.07) is 3.65. The summed E-state index contributed by atoms with van der Waals surface area (Å²) in [4.78, 5) is 17.0. The normalized spacial score (nSPS) is 10.8. The van der Waals surface area contributed by atoms with E-state index in [1.807, 2.05) is 19.9 Å². The van der Waals surface area contributed by atoms with E-state index in [1.165, 1.54) is 0 Å². The Hall–Kier alpha value is -1.88. The summed E-state index contributed by atoms with van der Waals surface area (Å²) in [6.07, 6.45) is 4.39. The van der Waals surface area contributed by atoms with E-state index in [9.17, 15) is 4.79 Å². The minimum absolute atomic E-state index is 0.628. The summed E-state index contributed by atoms with van der Waals surface area (Å²) >= 11 is 0. The van der Waals surface area contributed by atoms with E-state index in [-0.39, 0.29) is 0 Å². The Morgan fingerprint density at radius 1 is 1.53 bits per heavy atom. The zero-order chi connectivity index (χ0) is 14.1. The van der Waals surface area contributed by atoms with Gasteiger partial charge in [0.15, 0.2) is 0 Å². The highest BCUT2D eigenvalue weighted by molar-refractivity contribution is 5.86. The van der Waals surface area contributed by atoms with Gasteiger partial charge in [-0.25, -0.2) is 9.78 Å². The van der Waals surface area contributed by atoms with Crippen LogP contribution in [0.4, 0.5) is 5.82 Å². The van der Waals surface area contributed by atoms with E-state index >= 15 is 0 Å². The van der Waals surface area contributed by atoms with Gasteiger partial charge in [-0.1, -0.05) is 0 Å². The first kappa shape index (κ1) is 15.2. The molecular formula is C14H20N2O3. The highest BCUT2D eigenvalue weighted by Crippen LogP contribution is 2.18. The number of aromatic nitrogens is 1. The molecule has 1 rings (SSSR count). The van der Waals surface area contributed by atoms with E-state index in [4.69, 9.17) is 9.84 Å². The van der Waals surface area contributed by atoms with E-state index < -0.39 is 5.97 Å². The van der Waals surface area contributed by atoms with E-state index in [1.54, 1.807) is 18.3 Å². The molecule has 0 aliphatic rings. The van der Waals surface area contributed by atoms with Crippen LogP contribution in [0.25, 0.3) is 6.08 Å². The summed E-state index contributed by atoms with van der Waals surface area (Å²) in [5.41, 5.74) is 0.795. The van der Waals surface area contributed by atoms with Crippen LogP contribution < -0.4 is 4.90 Å². The van der Waals surface area contributed by atoms with Crippen molar-refractivity contribution >= 4 is 17.9 Å². The predicted molar refractivity (Wildman–Crippen MR) is 75.3 cm³/mol. The number of carbonyl (C=O) groups is 1. The first-order chi connectivity index (χ1) is 9.19. The van der Waals surface area contributed by atoms with Crippen molar-refractivity contribution < 1.29 is 14.6 Å². The van der Waals surface area contributed by atoms with Crippen molar-refractivity contribution in [2.45, 2.75) is 13.8 Å². The summed E-state index contributed by atoms with van der Waals surface area (Å²) in [5, 5.41) is 8.69. The van der Waals surface area contributed by atoms with Crippen LogP contribution in [-0.4, -0.2) is 42.4 Å². The molecule has 1 N–H and O–H groups in total. The number of hydrogen-bond donors (Lipinski definition) is 1. The zero-order valence-corrected chi connectivity index (χ0v) is 11.4. The van der Waals surface area contributed by atoms with Crippen LogP contribution >= 0.6 is 0 Å². The molecule has 5 heteroatoms. The molecule has 0 aliphatic heterocycles. The average Bonchev–Trinajstić information content (AvgIpc) is 2.42. The molecule has 0 saturated heterocycles. The summed E-state index contributed by atoms with van der Waals surface area (Å²) in [7, 11) is 0. The van der Waals surface area contributed by atoms with Crippen molar-refractivity contribution in [3.63, 3.8) is 0 Å². The number of hydrogen-bond acceptors (Lipinski definition) is 4. The fourth-order valence-corrected chi connectivity index (χ4v) is 1.70. The fraction of sp³-hybridized carbons (Fsp3) is 0.429. The van der Waals surface area contributed by atoms with Crippen molar-refractivity contribution in [3.8, 4) is 0 Å². The maximum Gasteiger partial charge on any atom is 0.328 e. The second-order valence-corrected chi connectivity index (χ2v) is 3.86. The Balaban J connectivity index is 2.86. The SMILES string of the molecule is CCOCCN(CC)c1ncccc1/C=C/C(=O)O. The van der Waals surface area contributed by atoms with E-state index in [2.05, 4.69) is 9.88 Å². The summed E-state index contributed by atoms with van der Waals surface area (Å²) < 4.78 is 5.34. The molecule has 0 saturated carbocycles. The number of nitrogens with zero attached hydrogens (tertiary/aromatic N) is 2. The lowest BCUT2D eigenvalue weighted by Crippen LogP contribution is -2.28. The molecule has 0 radical (unpaired) electrons. The molecule has 1 aromatic rings. The average molecular weight is 264 g/mol. The molecule has 0 atom stereocenters. The monoisotopic (exact) mass is 264 g/mol. The predicted octanol–water partition coefficient (Wildman–Crippen LogP) is 2.04. The summed E-state index contributed by atoms with van der Waals surface area (Å²) in [6.45, 7) is 6.82. The van der Waals surface area contributed by atoms with Crippen molar-refractivity contribution in [1.29, 1.82) is 0 Å². The molecule has 0 aromatic carbocycles. The van der Waals surface area contributed by atoms with Gasteiger partial charge in [-0.2, -0.15) is 0 Å². The van der Waals surface area contributed by atoms with Gasteiger partial charge in [-0.3, -0.25) is 0 Å². The van der Waals surface area contributed by atoms with Crippen molar-refractivity contribution in [2.24, 2.45) is 0 Å². The van der Waals surface area contributed by atoms with Gasteiger partial charge >= 0.3 is 5.97 Å². The third kappa shape index (κ3) is 5.09. The van der Waals surface area contributed by atoms with Gasteiger partial charge in [-0.15, -0.1) is 0 Å². The molecule has 5 nitrogen and oxygen atoms in total. The van der Waals surface area contributed by atoms with Gasteiger partial charge in [0, 0.05) is 37.5 Å². The Morgan fingerprint density at radius 2 is 2.32 bits per heavy atom. The van der Waals surface area contributed by atoms with Gasteiger partial charge in [0.05, 0.1) is 6.61 Å². The number of rotatable bonds is 8. The van der Waals surface area contributed by atoms with Crippen LogP contribution in [0, 0.1) is 0 Å². The topological polar surface area (TPSA) is 62.7 Å². The second kappa shape index (κ2) is 8.26. The van der Waals surface area contributed by atoms with Gasteiger partial charge in [0.25, 0.3) is 0 Å². The Bertz CT molecular complexity index is 432. The van der Waals surface area contributed by atoms with Crippen LogP contribution in [0.2, 0.25) is 0 Å². The fourth-order valence-electron chi connectivity index (χ4n) is 1.70. The van der Waals surface area contributed by atoms with Crippen LogP contribution in [0.15, 0.2) is 24.4 Å². The summed E-state index contributed by atoms with van der Waals surface area (Å²) in [5.74, 6) is -0.186. The van der Waals surface area contributed by atoms with Crippen LogP contribution in [0.3, 0.4) is 0 Å². The molecule has 0 bridgehead atoms. The maximum atomic E-state index is 10.6. The lowest BCUT2D eigenvalue weighted by atomic mass is 10.2. The largest absolute Gasteiger partial charge is 0.478 e. The first-order valence-corrected chi connectivity index (χ1v) is 6.37. The van der Waals surface area contributed by atoms with E-state index in [0.29, 0.717) is 13.2 Å². The molecule has 0 unspecified atom stereocenters. The molecule has 0 aliphatic carbocycles. The maximum absolute atomic E-state index is 10.6. The first-order valence-electron chi connectivity index (χ1n) is 6.37. The molecule has 19 heavy (non-hydrogen) atoms. The van der Waals surface area contributed by atoms with Crippen molar-refractivity contribution in [2.75, 3.05) is 31.2 Å². The van der Waals surface area contributed by atoms with Gasteiger partial charge in [0.2, 0.25) is 0 Å². The van der Waals surface area contributed by atoms with Gasteiger partial charge in [-0.05, 0) is 32.1 Å². The minimum atomic E-state index is -0.966. The Labute approximate surface area is 113 Å². The number of ether oxygens (including phenoxy) is 1. The van der Waals surface area contributed by atoms with E-state index in [0.717, 1.165) is 30.5 Å². The molecule has 104 valence electrons. The van der Waals surface area contributed by atoms with Gasteiger partial charge in [0.1, 0.15) is 5.82 Å². The molecule has 0 spiro atoms. The smallest absolute Gasteiger partial charge is 0.328 e. The number of anilines is 1.